The van der Waals surface area contributed by atoms with Gasteiger partial charge in [-0.2, -0.15) is 0 Å². The van der Waals surface area contributed by atoms with E-state index < -0.39 is 6.29 Å². The van der Waals surface area contributed by atoms with Crippen LogP contribution in [0, 0.1) is 0 Å². The Labute approximate surface area is 115 Å². The SMILES string of the molecule is CC([O-])OCc1ccccc1.[K+]. The van der Waals surface area contributed by atoms with Gasteiger partial charge in [0.25, 0.3) is 0 Å². The van der Waals surface area contributed by atoms with Crippen molar-refractivity contribution in [1.29, 1.82) is 0 Å². The molecule has 1 atom stereocenters. The first-order valence-corrected chi connectivity index (χ1v) is 3.60. The molecule has 1 unspecified atom stereocenters. The Morgan fingerprint density at radius 2 is 1.92 bits per heavy atom. The van der Waals surface area contributed by atoms with Crippen LogP contribution >= 0.6 is 0 Å². The molecule has 0 spiro atoms. The monoisotopic (exact) mass is 190 g/mol. The topological polar surface area (TPSA) is 32.3 Å². The van der Waals surface area contributed by atoms with E-state index >= 15 is 0 Å². The van der Waals surface area contributed by atoms with E-state index in [1.165, 1.54) is 6.92 Å². The number of rotatable bonds is 3. The summed E-state index contributed by atoms with van der Waals surface area (Å²) < 4.78 is 4.87. The van der Waals surface area contributed by atoms with Crippen molar-refractivity contribution in [3.63, 3.8) is 0 Å². The molecule has 0 saturated carbocycles. The van der Waals surface area contributed by atoms with Gasteiger partial charge in [0.2, 0.25) is 0 Å². The van der Waals surface area contributed by atoms with Crippen LogP contribution < -0.4 is 56.5 Å². The van der Waals surface area contributed by atoms with E-state index in [2.05, 4.69) is 0 Å². The van der Waals surface area contributed by atoms with Gasteiger partial charge in [0, 0.05) is 0 Å². The van der Waals surface area contributed by atoms with Crippen LogP contribution in [0.1, 0.15) is 12.5 Å². The summed E-state index contributed by atoms with van der Waals surface area (Å²) in [6.07, 6.45) is -0.935. The molecule has 0 amide bonds. The fourth-order valence-electron chi connectivity index (χ4n) is 0.788. The van der Waals surface area contributed by atoms with E-state index in [1.54, 1.807) is 0 Å². The second-order valence-corrected chi connectivity index (χ2v) is 2.36. The minimum absolute atomic E-state index is 0. The van der Waals surface area contributed by atoms with Gasteiger partial charge in [0.1, 0.15) is 0 Å². The van der Waals surface area contributed by atoms with Crippen LogP contribution in [0.5, 0.6) is 0 Å². The van der Waals surface area contributed by atoms with E-state index in [-0.39, 0.29) is 51.4 Å². The van der Waals surface area contributed by atoms with E-state index in [9.17, 15) is 5.11 Å². The Hall–Kier alpha value is 0.776. The maximum Gasteiger partial charge on any atom is 1.00 e. The van der Waals surface area contributed by atoms with Crippen LogP contribution in [-0.4, -0.2) is 6.29 Å². The van der Waals surface area contributed by atoms with Crippen LogP contribution in [-0.2, 0) is 11.3 Å². The van der Waals surface area contributed by atoms with Gasteiger partial charge in [-0.05, 0) is 11.9 Å². The number of hydrogen-bond donors (Lipinski definition) is 0. The second-order valence-electron chi connectivity index (χ2n) is 2.36. The Bertz CT molecular complexity index is 199. The molecule has 3 heteroatoms. The first-order valence-electron chi connectivity index (χ1n) is 3.60. The van der Waals surface area contributed by atoms with Crippen molar-refractivity contribution in [2.45, 2.75) is 19.8 Å². The van der Waals surface area contributed by atoms with Crippen LogP contribution in [0.15, 0.2) is 30.3 Å². The van der Waals surface area contributed by atoms with E-state index in [0.717, 1.165) is 5.56 Å². The molecule has 1 aromatic rings. The van der Waals surface area contributed by atoms with Gasteiger partial charge < -0.3 is 9.84 Å². The summed E-state index contributed by atoms with van der Waals surface area (Å²) in [4.78, 5) is 0. The summed E-state index contributed by atoms with van der Waals surface area (Å²) in [5, 5.41) is 10.5. The fourth-order valence-corrected chi connectivity index (χ4v) is 0.788. The summed E-state index contributed by atoms with van der Waals surface area (Å²) in [6, 6.07) is 9.65. The molecular weight excluding hydrogens is 179 g/mol. The van der Waals surface area contributed by atoms with Crippen molar-refractivity contribution in [2.24, 2.45) is 0 Å². The Kier molecular flexibility index (Phi) is 7.67. The molecule has 0 radical (unpaired) electrons. The van der Waals surface area contributed by atoms with Crippen molar-refractivity contribution >= 4 is 0 Å². The average Bonchev–Trinajstić information content (AvgIpc) is 2.03. The minimum Gasteiger partial charge on any atom is -0.831 e. The Morgan fingerprint density at radius 1 is 1.33 bits per heavy atom. The standard InChI is InChI=1S/C9H11O2.K/c1-8(10)11-7-9-5-3-2-4-6-9;/h2-6,8H,7H2,1H3;/q-1;+1. The molecule has 60 valence electrons. The Balaban J connectivity index is 0.00000121. The smallest absolute Gasteiger partial charge is 0.831 e. The zero-order chi connectivity index (χ0) is 8.10. The van der Waals surface area contributed by atoms with Gasteiger partial charge in [-0.1, -0.05) is 37.3 Å². The van der Waals surface area contributed by atoms with Crippen LogP contribution in [0.3, 0.4) is 0 Å². The molecule has 2 nitrogen and oxygen atoms in total. The van der Waals surface area contributed by atoms with Crippen molar-refractivity contribution < 1.29 is 61.2 Å². The predicted octanol–water partition coefficient (Wildman–Crippen LogP) is -2.09. The summed E-state index contributed by atoms with van der Waals surface area (Å²) in [6.45, 7) is 1.90. The molecule has 0 heterocycles. The molecule has 0 aliphatic heterocycles. The number of benzene rings is 1. The Morgan fingerprint density at radius 3 is 2.42 bits per heavy atom. The maximum absolute atomic E-state index is 10.5. The molecule has 0 bridgehead atoms. The largest absolute Gasteiger partial charge is 1.00 e. The van der Waals surface area contributed by atoms with Gasteiger partial charge >= 0.3 is 51.4 Å². The van der Waals surface area contributed by atoms with Gasteiger partial charge in [0.15, 0.2) is 0 Å². The number of ether oxygens (including phenoxy) is 1. The third-order valence-corrected chi connectivity index (χ3v) is 1.33. The molecule has 0 N–H and O–H groups in total. The first kappa shape index (κ1) is 12.8. The zero-order valence-electron chi connectivity index (χ0n) is 7.49. The average molecular weight is 190 g/mol. The molecule has 1 rings (SSSR count). The molecule has 0 saturated heterocycles. The van der Waals surface area contributed by atoms with E-state index in [4.69, 9.17) is 4.74 Å². The molecular formula is C9H11KO2. The van der Waals surface area contributed by atoms with Gasteiger partial charge in [-0.15, -0.1) is 0 Å². The quantitative estimate of drug-likeness (QED) is 0.404. The van der Waals surface area contributed by atoms with Crippen molar-refractivity contribution in [2.75, 3.05) is 0 Å². The molecule has 0 aliphatic rings. The zero-order valence-corrected chi connectivity index (χ0v) is 10.6. The second kappa shape index (κ2) is 7.21. The van der Waals surface area contributed by atoms with Crippen LogP contribution in [0.4, 0.5) is 0 Å². The van der Waals surface area contributed by atoms with Gasteiger partial charge in [0.05, 0.1) is 6.61 Å². The summed E-state index contributed by atoms with van der Waals surface area (Å²) in [7, 11) is 0. The molecule has 0 fully saturated rings. The van der Waals surface area contributed by atoms with E-state index in [1.807, 2.05) is 30.3 Å². The molecule has 12 heavy (non-hydrogen) atoms. The van der Waals surface area contributed by atoms with Gasteiger partial charge in [-0.3, -0.25) is 0 Å². The van der Waals surface area contributed by atoms with Gasteiger partial charge in [-0.25, -0.2) is 0 Å². The summed E-state index contributed by atoms with van der Waals surface area (Å²) in [5.74, 6) is 0. The third kappa shape index (κ3) is 5.43. The molecule has 1 aromatic carbocycles. The van der Waals surface area contributed by atoms with Crippen LogP contribution in [0.2, 0.25) is 0 Å². The van der Waals surface area contributed by atoms with Crippen molar-refractivity contribution in [3.05, 3.63) is 35.9 Å². The number of hydrogen-bond acceptors (Lipinski definition) is 2. The first-order chi connectivity index (χ1) is 5.29. The molecule has 0 aromatic heterocycles. The maximum atomic E-state index is 10.5. The summed E-state index contributed by atoms with van der Waals surface area (Å²) in [5.41, 5.74) is 1.04. The minimum atomic E-state index is -0.935. The predicted molar refractivity (Wildman–Crippen MR) is 40.7 cm³/mol. The normalized spacial score (nSPS) is 11.8. The van der Waals surface area contributed by atoms with Crippen LogP contribution in [0.25, 0.3) is 0 Å². The summed E-state index contributed by atoms with van der Waals surface area (Å²) >= 11 is 0. The van der Waals surface area contributed by atoms with E-state index in [0.29, 0.717) is 6.61 Å². The fraction of sp³-hybridized carbons (Fsp3) is 0.333. The van der Waals surface area contributed by atoms with Crippen molar-refractivity contribution in [3.8, 4) is 0 Å². The molecule has 0 aliphatic carbocycles. The van der Waals surface area contributed by atoms with Crippen molar-refractivity contribution in [1.82, 2.24) is 0 Å². The third-order valence-electron chi connectivity index (χ3n) is 1.33.